The third-order valence-corrected chi connectivity index (χ3v) is 7.52. The van der Waals surface area contributed by atoms with Crippen LogP contribution in [0.1, 0.15) is 81.8 Å². The maximum atomic E-state index is 14.3. The number of amides is 1. The number of benzene rings is 2. The van der Waals surface area contributed by atoms with E-state index >= 15 is 0 Å². The topological polar surface area (TPSA) is 77.5 Å². The molecule has 1 amide bonds. The molecule has 0 unspecified atom stereocenters. The minimum Gasteiger partial charge on any atom is -0.494 e. The number of hydrogen-bond donors (Lipinski definition) is 1. The number of carbonyl (C=O) groups excluding carboxylic acids is 1. The Morgan fingerprint density at radius 1 is 0.892 bits per heavy atom. The number of ether oxygens (including phenoxy) is 4. The molecule has 4 rings (SSSR count). The molecular formula is C30H41NO6. The van der Waals surface area contributed by atoms with Gasteiger partial charge in [0.25, 0.3) is 5.91 Å². The Bertz CT molecular complexity index is 1040. The summed E-state index contributed by atoms with van der Waals surface area (Å²) in [7, 11) is 0. The quantitative estimate of drug-likeness (QED) is 0.435. The lowest BCUT2D eigenvalue weighted by molar-refractivity contribution is -0.115. The number of rotatable bonds is 10. The molecule has 1 saturated heterocycles. The second kappa shape index (κ2) is 12.1. The van der Waals surface area contributed by atoms with Gasteiger partial charge in [0, 0.05) is 23.6 Å². The van der Waals surface area contributed by atoms with Crippen LogP contribution in [0.25, 0.3) is 0 Å². The van der Waals surface area contributed by atoms with Gasteiger partial charge in [-0.2, -0.15) is 0 Å². The first-order valence-electron chi connectivity index (χ1n) is 13.8. The van der Waals surface area contributed by atoms with Gasteiger partial charge in [-0.25, -0.2) is 0 Å². The molecule has 3 atom stereocenters. The van der Waals surface area contributed by atoms with Crippen LogP contribution in [0.2, 0.25) is 0 Å². The van der Waals surface area contributed by atoms with Crippen molar-refractivity contribution in [2.24, 2.45) is 5.92 Å². The maximum Gasteiger partial charge on any atom is 0.254 e. The maximum absolute atomic E-state index is 14.3. The van der Waals surface area contributed by atoms with Gasteiger partial charge < -0.3 is 29.0 Å². The average Bonchev–Trinajstić information content (AvgIpc) is 2.90. The first-order chi connectivity index (χ1) is 18.0. The van der Waals surface area contributed by atoms with Crippen molar-refractivity contribution in [3.8, 4) is 23.0 Å². The van der Waals surface area contributed by atoms with Gasteiger partial charge in [-0.15, -0.1) is 0 Å². The molecule has 1 aliphatic carbocycles. The van der Waals surface area contributed by atoms with Gasteiger partial charge in [0.15, 0.2) is 11.5 Å². The van der Waals surface area contributed by atoms with E-state index in [1.54, 1.807) is 12.1 Å². The van der Waals surface area contributed by atoms with E-state index in [9.17, 15) is 9.90 Å². The molecule has 37 heavy (non-hydrogen) atoms. The summed E-state index contributed by atoms with van der Waals surface area (Å²) >= 11 is 0. The first kappa shape index (κ1) is 27.1. The van der Waals surface area contributed by atoms with Gasteiger partial charge in [0.2, 0.25) is 5.75 Å². The summed E-state index contributed by atoms with van der Waals surface area (Å²) in [5.41, 5.74) is 0.643. The van der Waals surface area contributed by atoms with Gasteiger partial charge in [-0.3, -0.25) is 4.79 Å². The zero-order valence-corrected chi connectivity index (χ0v) is 22.6. The van der Waals surface area contributed by atoms with Crippen molar-refractivity contribution in [1.82, 2.24) is 4.90 Å². The smallest absolute Gasteiger partial charge is 0.254 e. The molecule has 1 aliphatic heterocycles. The Balaban J connectivity index is 1.80. The van der Waals surface area contributed by atoms with Crippen molar-refractivity contribution in [3.63, 3.8) is 0 Å². The minimum absolute atomic E-state index is 0.0685. The van der Waals surface area contributed by atoms with E-state index in [4.69, 9.17) is 18.9 Å². The van der Waals surface area contributed by atoms with Crippen LogP contribution in [0.4, 0.5) is 0 Å². The lowest BCUT2D eigenvalue weighted by Gasteiger charge is -2.52. The molecule has 1 saturated carbocycles. The summed E-state index contributed by atoms with van der Waals surface area (Å²) in [5, 5.41) is 11.7. The van der Waals surface area contributed by atoms with Crippen LogP contribution in [0.5, 0.6) is 23.0 Å². The van der Waals surface area contributed by atoms with Gasteiger partial charge in [-0.1, -0.05) is 31.0 Å². The number of nitrogens with zero attached hydrogens (tertiary/aromatic N) is 1. The van der Waals surface area contributed by atoms with Crippen LogP contribution in [-0.4, -0.2) is 54.5 Å². The highest BCUT2D eigenvalue weighted by Gasteiger charge is 2.51. The first-order valence-corrected chi connectivity index (χ1v) is 13.8. The number of fused-ring (bicyclic) bond motifs is 1. The standard InChI is InChI=1S/C30H41NO6/c1-5-34-24-15-10-9-13-22(24)27-23-14-11-12-16-30(23,33)17-18-31(27)29(32)21-19-25(35-6-2)28(37-8-4)26(20-21)36-7-3/h9-10,13,15,19-20,23,27,33H,5-8,11-12,14,16-18H2,1-4H3/t23-,27+,30+/m0/s1. The molecule has 0 aromatic heterocycles. The van der Waals surface area contributed by atoms with Crippen molar-refractivity contribution in [1.29, 1.82) is 0 Å². The molecular weight excluding hydrogens is 470 g/mol. The Labute approximate surface area is 220 Å². The van der Waals surface area contributed by atoms with Gasteiger partial charge in [0.05, 0.1) is 38.1 Å². The van der Waals surface area contributed by atoms with E-state index in [0.29, 0.717) is 62.2 Å². The average molecular weight is 512 g/mol. The molecule has 202 valence electrons. The van der Waals surface area contributed by atoms with Crippen LogP contribution in [0.3, 0.4) is 0 Å². The monoisotopic (exact) mass is 511 g/mol. The van der Waals surface area contributed by atoms with Crippen molar-refractivity contribution in [2.45, 2.75) is 71.4 Å². The van der Waals surface area contributed by atoms with E-state index in [1.807, 2.05) is 56.9 Å². The predicted molar refractivity (Wildman–Crippen MR) is 143 cm³/mol. The lowest BCUT2D eigenvalue weighted by Crippen LogP contribution is -2.56. The molecule has 2 aliphatic rings. The summed E-state index contributed by atoms with van der Waals surface area (Å²) in [6, 6.07) is 11.1. The van der Waals surface area contributed by atoms with Crippen LogP contribution >= 0.6 is 0 Å². The molecule has 7 heteroatoms. The van der Waals surface area contributed by atoms with Gasteiger partial charge in [-0.05, 0) is 65.2 Å². The van der Waals surface area contributed by atoms with Crippen molar-refractivity contribution in [2.75, 3.05) is 33.0 Å². The highest BCUT2D eigenvalue weighted by molar-refractivity contribution is 5.96. The van der Waals surface area contributed by atoms with E-state index in [-0.39, 0.29) is 17.9 Å². The Kier molecular flexibility index (Phi) is 8.85. The summed E-state index contributed by atoms with van der Waals surface area (Å²) in [6.45, 7) is 9.99. The second-order valence-corrected chi connectivity index (χ2v) is 9.72. The zero-order valence-electron chi connectivity index (χ0n) is 22.6. The van der Waals surface area contributed by atoms with E-state index < -0.39 is 5.60 Å². The number of piperidine rings is 1. The third-order valence-electron chi connectivity index (χ3n) is 7.52. The minimum atomic E-state index is -0.787. The molecule has 0 spiro atoms. The molecule has 2 fully saturated rings. The van der Waals surface area contributed by atoms with Gasteiger partial charge >= 0.3 is 0 Å². The second-order valence-electron chi connectivity index (χ2n) is 9.72. The van der Waals surface area contributed by atoms with Crippen LogP contribution in [0.15, 0.2) is 36.4 Å². The lowest BCUT2D eigenvalue weighted by atomic mass is 9.66. The molecule has 1 heterocycles. The van der Waals surface area contributed by atoms with E-state index in [1.165, 1.54) is 0 Å². The highest BCUT2D eigenvalue weighted by Crippen LogP contribution is 2.51. The number of hydrogen-bond acceptors (Lipinski definition) is 6. The summed E-state index contributed by atoms with van der Waals surface area (Å²) in [5.74, 6) is 2.09. The Morgan fingerprint density at radius 2 is 1.51 bits per heavy atom. The largest absolute Gasteiger partial charge is 0.494 e. The SMILES string of the molecule is CCOc1ccccc1[C@@H]1[C@@H]2CCCC[C@@]2(O)CCN1C(=O)c1cc(OCC)c(OCC)c(OCC)c1. The number of aliphatic hydroxyl groups is 1. The van der Waals surface area contributed by atoms with Crippen molar-refractivity contribution < 1.29 is 28.8 Å². The van der Waals surface area contributed by atoms with Crippen molar-refractivity contribution in [3.05, 3.63) is 47.5 Å². The number of carbonyl (C=O) groups is 1. The molecule has 1 N–H and O–H groups in total. The number of likely N-dealkylation sites (tertiary alicyclic amines) is 1. The van der Waals surface area contributed by atoms with E-state index in [2.05, 4.69) is 0 Å². The molecule has 2 aromatic carbocycles. The Morgan fingerprint density at radius 3 is 2.16 bits per heavy atom. The summed E-state index contributed by atoms with van der Waals surface area (Å²) < 4.78 is 23.6. The van der Waals surface area contributed by atoms with Crippen LogP contribution in [0, 0.1) is 5.92 Å². The van der Waals surface area contributed by atoms with E-state index in [0.717, 1.165) is 37.0 Å². The predicted octanol–water partition coefficient (Wildman–Crippen LogP) is 5.79. The number of para-hydroxylation sites is 1. The summed E-state index contributed by atoms with van der Waals surface area (Å²) in [6.07, 6.45) is 4.23. The third kappa shape index (κ3) is 5.52. The van der Waals surface area contributed by atoms with Crippen LogP contribution < -0.4 is 18.9 Å². The molecule has 0 bridgehead atoms. The molecule has 0 radical (unpaired) electrons. The van der Waals surface area contributed by atoms with Gasteiger partial charge in [0.1, 0.15) is 5.75 Å². The summed E-state index contributed by atoms with van der Waals surface area (Å²) in [4.78, 5) is 16.2. The normalized spacial score (nSPS) is 23.2. The fourth-order valence-corrected chi connectivity index (χ4v) is 5.98. The Hall–Kier alpha value is -2.93. The zero-order chi connectivity index (χ0) is 26.4. The fraction of sp³-hybridized carbons (Fsp3) is 0.567. The highest BCUT2D eigenvalue weighted by atomic mass is 16.5. The molecule has 2 aromatic rings. The molecule has 7 nitrogen and oxygen atoms in total. The van der Waals surface area contributed by atoms with Crippen LogP contribution in [-0.2, 0) is 0 Å². The fourth-order valence-electron chi connectivity index (χ4n) is 5.98. The van der Waals surface area contributed by atoms with Crippen molar-refractivity contribution >= 4 is 5.91 Å².